The second-order valence-corrected chi connectivity index (χ2v) is 5.27. The molecule has 2 rings (SSSR count). The Morgan fingerprint density at radius 1 is 1.47 bits per heavy atom. The standard InChI is InChI=1S/C13H20ClN3/c1-16(2)12-5-6-17(9-12)13-7-11(14)4-3-10(13)8-15/h3-4,7,12H,5-6,8-9,15H2,1-2H3. The van der Waals surface area contributed by atoms with Gasteiger partial charge in [-0.15, -0.1) is 0 Å². The van der Waals surface area contributed by atoms with E-state index in [-0.39, 0.29) is 0 Å². The molecule has 1 fully saturated rings. The quantitative estimate of drug-likeness (QED) is 0.894. The first-order chi connectivity index (χ1) is 8.11. The fourth-order valence-corrected chi connectivity index (χ4v) is 2.55. The van der Waals surface area contributed by atoms with Crippen LogP contribution in [-0.2, 0) is 6.54 Å². The summed E-state index contributed by atoms with van der Waals surface area (Å²) in [4.78, 5) is 4.67. The summed E-state index contributed by atoms with van der Waals surface area (Å²) in [6, 6.07) is 6.59. The van der Waals surface area contributed by atoms with E-state index < -0.39 is 0 Å². The third kappa shape index (κ3) is 2.73. The van der Waals surface area contributed by atoms with Crippen molar-refractivity contribution in [1.82, 2.24) is 4.90 Å². The maximum Gasteiger partial charge on any atom is 0.0427 e. The molecule has 0 radical (unpaired) electrons. The van der Waals surface area contributed by atoms with Gasteiger partial charge in [-0.3, -0.25) is 0 Å². The molecule has 1 heterocycles. The lowest BCUT2D eigenvalue weighted by atomic mass is 10.1. The highest BCUT2D eigenvalue weighted by Gasteiger charge is 2.25. The van der Waals surface area contributed by atoms with Crippen molar-refractivity contribution in [2.24, 2.45) is 5.73 Å². The number of likely N-dealkylation sites (N-methyl/N-ethyl adjacent to an activating group) is 1. The highest BCUT2D eigenvalue weighted by atomic mass is 35.5. The largest absolute Gasteiger partial charge is 0.370 e. The zero-order chi connectivity index (χ0) is 12.4. The predicted octanol–water partition coefficient (Wildman–Crippen LogP) is 1.94. The van der Waals surface area contributed by atoms with Crippen molar-refractivity contribution in [2.75, 3.05) is 32.1 Å². The molecule has 1 aromatic carbocycles. The summed E-state index contributed by atoms with van der Waals surface area (Å²) in [6.45, 7) is 2.70. The maximum atomic E-state index is 6.07. The van der Waals surface area contributed by atoms with Gasteiger partial charge in [-0.05, 0) is 38.2 Å². The minimum atomic E-state index is 0.565. The SMILES string of the molecule is CN(C)C1CCN(c2cc(Cl)ccc2CN)C1. The third-order valence-electron chi connectivity index (χ3n) is 3.50. The van der Waals surface area contributed by atoms with Crippen molar-refractivity contribution >= 4 is 17.3 Å². The summed E-state index contributed by atoms with van der Waals surface area (Å²) in [5.41, 5.74) is 8.16. The van der Waals surface area contributed by atoms with Crippen molar-refractivity contribution in [3.05, 3.63) is 28.8 Å². The number of nitrogens with two attached hydrogens (primary N) is 1. The van der Waals surface area contributed by atoms with Gasteiger partial charge in [-0.1, -0.05) is 17.7 Å². The average Bonchev–Trinajstić information content (AvgIpc) is 2.78. The van der Waals surface area contributed by atoms with Gasteiger partial charge in [-0.2, -0.15) is 0 Å². The lowest BCUT2D eigenvalue weighted by molar-refractivity contribution is 0.315. The van der Waals surface area contributed by atoms with Gasteiger partial charge in [0.15, 0.2) is 0 Å². The van der Waals surface area contributed by atoms with E-state index in [9.17, 15) is 0 Å². The Bertz CT molecular complexity index is 392. The Balaban J connectivity index is 2.20. The van der Waals surface area contributed by atoms with Crippen LogP contribution >= 0.6 is 11.6 Å². The molecule has 0 spiro atoms. The zero-order valence-corrected chi connectivity index (χ0v) is 11.2. The van der Waals surface area contributed by atoms with E-state index in [1.807, 2.05) is 18.2 Å². The van der Waals surface area contributed by atoms with E-state index in [0.717, 1.165) is 18.1 Å². The van der Waals surface area contributed by atoms with Crippen molar-refractivity contribution in [1.29, 1.82) is 0 Å². The fraction of sp³-hybridized carbons (Fsp3) is 0.538. The van der Waals surface area contributed by atoms with Gasteiger partial charge in [0.2, 0.25) is 0 Å². The molecule has 0 bridgehead atoms. The summed E-state index contributed by atoms with van der Waals surface area (Å²) < 4.78 is 0. The lowest BCUT2D eigenvalue weighted by Gasteiger charge is -2.24. The smallest absolute Gasteiger partial charge is 0.0427 e. The molecule has 3 nitrogen and oxygen atoms in total. The van der Waals surface area contributed by atoms with Gasteiger partial charge in [0.05, 0.1) is 0 Å². The molecular formula is C13H20ClN3. The van der Waals surface area contributed by atoms with Crippen LogP contribution in [0, 0.1) is 0 Å². The summed E-state index contributed by atoms with van der Waals surface area (Å²) in [6.07, 6.45) is 1.20. The molecule has 0 aromatic heterocycles. The minimum absolute atomic E-state index is 0.565. The van der Waals surface area contributed by atoms with E-state index in [1.165, 1.54) is 17.7 Å². The number of hydrogen-bond acceptors (Lipinski definition) is 3. The van der Waals surface area contributed by atoms with Crippen molar-refractivity contribution < 1.29 is 0 Å². The van der Waals surface area contributed by atoms with Crippen LogP contribution in [0.5, 0.6) is 0 Å². The molecule has 1 unspecified atom stereocenters. The molecule has 1 saturated heterocycles. The van der Waals surface area contributed by atoms with E-state index in [2.05, 4.69) is 23.9 Å². The molecular weight excluding hydrogens is 234 g/mol. The zero-order valence-electron chi connectivity index (χ0n) is 10.5. The number of hydrogen-bond donors (Lipinski definition) is 1. The van der Waals surface area contributed by atoms with Crippen LogP contribution in [0.2, 0.25) is 5.02 Å². The Hall–Kier alpha value is -0.770. The second kappa shape index (κ2) is 5.25. The van der Waals surface area contributed by atoms with E-state index >= 15 is 0 Å². The first-order valence-corrected chi connectivity index (χ1v) is 6.39. The first kappa shape index (κ1) is 12.7. The Morgan fingerprint density at radius 3 is 2.82 bits per heavy atom. The summed E-state index contributed by atoms with van der Waals surface area (Å²) >= 11 is 6.07. The molecule has 4 heteroatoms. The fourth-order valence-electron chi connectivity index (χ4n) is 2.39. The molecule has 1 aromatic rings. The van der Waals surface area contributed by atoms with Crippen LogP contribution in [-0.4, -0.2) is 38.1 Å². The van der Waals surface area contributed by atoms with Gasteiger partial charge in [-0.25, -0.2) is 0 Å². The van der Waals surface area contributed by atoms with E-state index in [1.54, 1.807) is 0 Å². The molecule has 2 N–H and O–H groups in total. The molecule has 17 heavy (non-hydrogen) atoms. The maximum absolute atomic E-state index is 6.07. The average molecular weight is 254 g/mol. The Labute approximate surface area is 108 Å². The molecule has 0 amide bonds. The highest BCUT2D eigenvalue weighted by molar-refractivity contribution is 6.30. The summed E-state index contributed by atoms with van der Waals surface area (Å²) in [5.74, 6) is 0. The first-order valence-electron chi connectivity index (χ1n) is 6.01. The Morgan fingerprint density at radius 2 is 2.24 bits per heavy atom. The molecule has 94 valence electrons. The molecule has 0 saturated carbocycles. The predicted molar refractivity (Wildman–Crippen MR) is 73.6 cm³/mol. The van der Waals surface area contributed by atoms with Crippen LogP contribution in [0.1, 0.15) is 12.0 Å². The minimum Gasteiger partial charge on any atom is -0.370 e. The van der Waals surface area contributed by atoms with Gasteiger partial charge < -0.3 is 15.5 Å². The number of rotatable bonds is 3. The number of benzene rings is 1. The van der Waals surface area contributed by atoms with Gasteiger partial charge >= 0.3 is 0 Å². The number of halogens is 1. The molecule has 1 aliphatic rings. The lowest BCUT2D eigenvalue weighted by Crippen LogP contribution is -2.31. The topological polar surface area (TPSA) is 32.5 Å². The molecule has 1 atom stereocenters. The van der Waals surface area contributed by atoms with E-state index in [4.69, 9.17) is 17.3 Å². The van der Waals surface area contributed by atoms with Gasteiger partial charge in [0, 0.05) is 36.4 Å². The van der Waals surface area contributed by atoms with Crippen LogP contribution in [0.15, 0.2) is 18.2 Å². The van der Waals surface area contributed by atoms with Crippen molar-refractivity contribution in [3.63, 3.8) is 0 Å². The molecule has 1 aliphatic heterocycles. The van der Waals surface area contributed by atoms with Gasteiger partial charge in [0.1, 0.15) is 0 Å². The monoisotopic (exact) mass is 253 g/mol. The van der Waals surface area contributed by atoms with Gasteiger partial charge in [0.25, 0.3) is 0 Å². The van der Waals surface area contributed by atoms with Crippen LogP contribution in [0.25, 0.3) is 0 Å². The third-order valence-corrected chi connectivity index (χ3v) is 3.74. The number of anilines is 1. The normalized spacial score (nSPS) is 20.3. The van der Waals surface area contributed by atoms with Crippen molar-refractivity contribution in [2.45, 2.75) is 19.0 Å². The summed E-state index contributed by atoms with van der Waals surface area (Å²) in [5, 5.41) is 0.783. The van der Waals surface area contributed by atoms with Crippen molar-refractivity contribution in [3.8, 4) is 0 Å². The number of nitrogens with zero attached hydrogens (tertiary/aromatic N) is 2. The summed E-state index contributed by atoms with van der Waals surface area (Å²) in [7, 11) is 4.27. The molecule has 0 aliphatic carbocycles. The second-order valence-electron chi connectivity index (χ2n) is 4.83. The van der Waals surface area contributed by atoms with E-state index in [0.29, 0.717) is 12.6 Å². The highest BCUT2D eigenvalue weighted by Crippen LogP contribution is 2.28. The van der Waals surface area contributed by atoms with Crippen LogP contribution in [0.3, 0.4) is 0 Å². The Kier molecular flexibility index (Phi) is 3.92. The van der Waals surface area contributed by atoms with Crippen LogP contribution < -0.4 is 10.6 Å². The van der Waals surface area contributed by atoms with Crippen LogP contribution in [0.4, 0.5) is 5.69 Å².